The van der Waals surface area contributed by atoms with Crippen LogP contribution in [0.1, 0.15) is 13.8 Å². The summed E-state index contributed by atoms with van der Waals surface area (Å²) in [4.78, 5) is 24.3. The van der Waals surface area contributed by atoms with Gasteiger partial charge in [-0.3, -0.25) is 9.59 Å². The Bertz CT molecular complexity index is 280. The highest BCUT2D eigenvalue weighted by Gasteiger charge is 2.39. The number of nitrogens with two attached hydrogens (primary N) is 1. The van der Waals surface area contributed by atoms with E-state index in [4.69, 9.17) is 15.6 Å². The molecule has 0 bridgehead atoms. The van der Waals surface area contributed by atoms with Gasteiger partial charge in [-0.05, 0) is 13.8 Å². The molecule has 16 heavy (non-hydrogen) atoms. The van der Waals surface area contributed by atoms with Crippen LogP contribution in [0.2, 0.25) is 0 Å². The molecule has 1 amide bonds. The normalized spacial score (nSPS) is 26.4. The Morgan fingerprint density at radius 3 is 2.62 bits per heavy atom. The monoisotopic (exact) mass is 230 g/mol. The van der Waals surface area contributed by atoms with E-state index in [1.54, 1.807) is 13.8 Å². The molecule has 0 radical (unpaired) electrons. The zero-order chi connectivity index (χ0) is 12.3. The SMILES string of the molecule is CCN(C(=O)[C@H](C)N)C1COCC1C(=O)O. The minimum Gasteiger partial charge on any atom is -0.481 e. The molecule has 0 spiro atoms. The van der Waals surface area contributed by atoms with Gasteiger partial charge < -0.3 is 20.5 Å². The maximum Gasteiger partial charge on any atom is 0.311 e. The Morgan fingerprint density at radius 1 is 1.56 bits per heavy atom. The van der Waals surface area contributed by atoms with Crippen LogP contribution in [0.4, 0.5) is 0 Å². The van der Waals surface area contributed by atoms with Crippen molar-refractivity contribution in [1.82, 2.24) is 4.90 Å². The standard InChI is InChI=1S/C10H18N2O4/c1-3-12(9(13)6(2)11)8-5-16-4-7(8)10(14)15/h6-8H,3-5,11H2,1-2H3,(H,14,15)/t6-,7?,8?/m0/s1. The lowest BCUT2D eigenvalue weighted by molar-refractivity contribution is -0.145. The van der Waals surface area contributed by atoms with Gasteiger partial charge in [-0.1, -0.05) is 0 Å². The molecule has 6 nitrogen and oxygen atoms in total. The van der Waals surface area contributed by atoms with Crippen LogP contribution in [0.25, 0.3) is 0 Å². The topological polar surface area (TPSA) is 92.9 Å². The van der Waals surface area contributed by atoms with Crippen LogP contribution in [0, 0.1) is 5.92 Å². The molecule has 1 aliphatic rings. The van der Waals surface area contributed by atoms with Gasteiger partial charge in [0.1, 0.15) is 5.92 Å². The van der Waals surface area contributed by atoms with Gasteiger partial charge in [0.25, 0.3) is 0 Å². The molecule has 0 aromatic carbocycles. The van der Waals surface area contributed by atoms with Crippen molar-refractivity contribution in [3.8, 4) is 0 Å². The molecular formula is C10H18N2O4. The molecule has 1 fully saturated rings. The van der Waals surface area contributed by atoms with Crippen LogP contribution < -0.4 is 5.73 Å². The largest absolute Gasteiger partial charge is 0.481 e. The van der Waals surface area contributed by atoms with E-state index in [0.717, 1.165) is 0 Å². The van der Waals surface area contributed by atoms with Gasteiger partial charge in [-0.15, -0.1) is 0 Å². The maximum atomic E-state index is 11.8. The number of carbonyl (C=O) groups is 2. The lowest BCUT2D eigenvalue weighted by atomic mass is 10.0. The van der Waals surface area contributed by atoms with Gasteiger partial charge in [-0.2, -0.15) is 0 Å². The summed E-state index contributed by atoms with van der Waals surface area (Å²) in [6.45, 7) is 4.26. The molecule has 0 aliphatic carbocycles. The Hall–Kier alpha value is -1.14. The number of amides is 1. The van der Waals surface area contributed by atoms with Gasteiger partial charge >= 0.3 is 5.97 Å². The molecule has 92 valence electrons. The van der Waals surface area contributed by atoms with Crippen molar-refractivity contribution < 1.29 is 19.4 Å². The highest BCUT2D eigenvalue weighted by atomic mass is 16.5. The third kappa shape index (κ3) is 2.51. The Morgan fingerprint density at radius 2 is 2.19 bits per heavy atom. The first-order valence-electron chi connectivity index (χ1n) is 5.35. The summed E-state index contributed by atoms with van der Waals surface area (Å²) in [5, 5.41) is 9.00. The fraction of sp³-hybridized carbons (Fsp3) is 0.800. The predicted octanol–water partition coefficient (Wildman–Crippen LogP) is -0.718. The Kier molecular flexibility index (Phi) is 4.26. The summed E-state index contributed by atoms with van der Waals surface area (Å²) in [5.41, 5.74) is 5.52. The van der Waals surface area contributed by atoms with E-state index in [2.05, 4.69) is 0 Å². The third-order valence-corrected chi connectivity index (χ3v) is 2.78. The Balaban J connectivity index is 2.79. The molecule has 1 aliphatic heterocycles. The fourth-order valence-corrected chi connectivity index (χ4v) is 1.90. The molecule has 0 saturated carbocycles. The quantitative estimate of drug-likeness (QED) is 0.665. The number of ether oxygens (including phenoxy) is 1. The van der Waals surface area contributed by atoms with Gasteiger partial charge in [0.15, 0.2) is 0 Å². The van der Waals surface area contributed by atoms with E-state index in [-0.39, 0.29) is 19.1 Å². The average molecular weight is 230 g/mol. The number of carbonyl (C=O) groups excluding carboxylic acids is 1. The van der Waals surface area contributed by atoms with Crippen molar-refractivity contribution in [3.63, 3.8) is 0 Å². The van der Waals surface area contributed by atoms with Gasteiger partial charge in [-0.25, -0.2) is 0 Å². The highest BCUT2D eigenvalue weighted by Crippen LogP contribution is 2.20. The molecule has 0 aromatic heterocycles. The lowest BCUT2D eigenvalue weighted by Gasteiger charge is -2.30. The van der Waals surface area contributed by atoms with E-state index >= 15 is 0 Å². The molecule has 6 heteroatoms. The van der Waals surface area contributed by atoms with Gasteiger partial charge in [0.2, 0.25) is 5.91 Å². The van der Waals surface area contributed by atoms with E-state index in [9.17, 15) is 9.59 Å². The second kappa shape index (κ2) is 5.27. The predicted molar refractivity (Wildman–Crippen MR) is 56.8 cm³/mol. The second-order valence-electron chi connectivity index (χ2n) is 3.96. The molecular weight excluding hydrogens is 212 g/mol. The minimum absolute atomic E-state index is 0.155. The summed E-state index contributed by atoms with van der Waals surface area (Å²) in [7, 11) is 0. The molecule has 3 N–H and O–H groups in total. The van der Waals surface area contributed by atoms with Crippen molar-refractivity contribution in [1.29, 1.82) is 0 Å². The first kappa shape index (κ1) is 12.9. The number of carboxylic acid groups (broad SMARTS) is 1. The maximum absolute atomic E-state index is 11.8. The van der Waals surface area contributed by atoms with E-state index in [1.807, 2.05) is 0 Å². The number of rotatable bonds is 4. The van der Waals surface area contributed by atoms with E-state index in [0.29, 0.717) is 6.54 Å². The van der Waals surface area contributed by atoms with E-state index < -0.39 is 24.0 Å². The summed E-state index contributed by atoms with van der Waals surface area (Å²) in [6.07, 6.45) is 0. The van der Waals surface area contributed by atoms with Crippen LogP contribution in [0.15, 0.2) is 0 Å². The van der Waals surface area contributed by atoms with Crippen LogP contribution in [0.5, 0.6) is 0 Å². The molecule has 2 unspecified atom stereocenters. The lowest BCUT2D eigenvalue weighted by Crippen LogP contribution is -2.51. The van der Waals surface area contributed by atoms with Crippen LogP contribution in [0.3, 0.4) is 0 Å². The summed E-state index contributed by atoms with van der Waals surface area (Å²) in [6, 6.07) is -1.02. The smallest absolute Gasteiger partial charge is 0.311 e. The number of aliphatic carboxylic acids is 1. The van der Waals surface area contributed by atoms with E-state index in [1.165, 1.54) is 4.90 Å². The number of nitrogens with zero attached hydrogens (tertiary/aromatic N) is 1. The summed E-state index contributed by atoms with van der Waals surface area (Å²) in [5.74, 6) is -1.81. The zero-order valence-corrected chi connectivity index (χ0v) is 9.55. The molecule has 0 aromatic rings. The van der Waals surface area contributed by atoms with Crippen molar-refractivity contribution in [2.75, 3.05) is 19.8 Å². The number of hydrogen-bond donors (Lipinski definition) is 2. The second-order valence-corrected chi connectivity index (χ2v) is 3.96. The van der Waals surface area contributed by atoms with Crippen LogP contribution in [-0.2, 0) is 14.3 Å². The summed E-state index contributed by atoms with van der Waals surface area (Å²) >= 11 is 0. The van der Waals surface area contributed by atoms with Crippen LogP contribution >= 0.6 is 0 Å². The van der Waals surface area contributed by atoms with Crippen molar-refractivity contribution in [2.45, 2.75) is 25.9 Å². The minimum atomic E-state index is -0.932. The van der Waals surface area contributed by atoms with Gasteiger partial charge in [0.05, 0.1) is 25.3 Å². The number of hydrogen-bond acceptors (Lipinski definition) is 4. The number of likely N-dealkylation sites (N-methyl/N-ethyl adjacent to an activating group) is 1. The molecule has 3 atom stereocenters. The third-order valence-electron chi connectivity index (χ3n) is 2.78. The fourth-order valence-electron chi connectivity index (χ4n) is 1.90. The summed E-state index contributed by atoms with van der Waals surface area (Å²) < 4.78 is 5.13. The van der Waals surface area contributed by atoms with Gasteiger partial charge in [0, 0.05) is 6.54 Å². The van der Waals surface area contributed by atoms with Crippen molar-refractivity contribution in [3.05, 3.63) is 0 Å². The number of carboxylic acids is 1. The Labute approximate surface area is 94.3 Å². The average Bonchev–Trinajstić information content (AvgIpc) is 2.67. The molecule has 1 rings (SSSR count). The van der Waals surface area contributed by atoms with Crippen LogP contribution in [-0.4, -0.2) is 53.7 Å². The molecule has 1 saturated heterocycles. The van der Waals surface area contributed by atoms with Crippen molar-refractivity contribution >= 4 is 11.9 Å². The first-order chi connectivity index (χ1) is 7.49. The molecule has 1 heterocycles. The van der Waals surface area contributed by atoms with Crippen molar-refractivity contribution in [2.24, 2.45) is 11.7 Å². The first-order valence-corrected chi connectivity index (χ1v) is 5.35. The zero-order valence-electron chi connectivity index (χ0n) is 9.55. The highest BCUT2D eigenvalue weighted by molar-refractivity contribution is 5.82.